The van der Waals surface area contributed by atoms with Crippen LogP contribution in [0.2, 0.25) is 0 Å². The second kappa shape index (κ2) is 10.2. The van der Waals surface area contributed by atoms with Gasteiger partial charge >= 0.3 is 6.03 Å². The third kappa shape index (κ3) is 4.70. The largest absolute Gasteiger partial charge is 0.491 e. The summed E-state index contributed by atoms with van der Waals surface area (Å²) in [6.07, 6.45) is 6.34. The highest BCUT2D eigenvalue weighted by molar-refractivity contribution is 6.10. The average molecular weight is 587 g/mol. The summed E-state index contributed by atoms with van der Waals surface area (Å²) in [6.45, 7) is 0.125. The van der Waals surface area contributed by atoms with Gasteiger partial charge < -0.3 is 20.3 Å². The molecular formula is C31H31FN6O5. The maximum Gasteiger partial charge on any atom is 0.325 e. The summed E-state index contributed by atoms with van der Waals surface area (Å²) in [4.78, 5) is 55.2. The van der Waals surface area contributed by atoms with Gasteiger partial charge in [0.15, 0.2) is 0 Å². The number of carbonyl (C=O) groups is 4. The van der Waals surface area contributed by atoms with Crippen LogP contribution in [0, 0.1) is 11.7 Å². The highest BCUT2D eigenvalue weighted by Gasteiger charge is 2.56. The Bertz CT molecular complexity index is 1670. The van der Waals surface area contributed by atoms with Crippen molar-refractivity contribution in [2.45, 2.75) is 50.4 Å². The number of nitrogens with one attached hydrogen (secondary N) is 2. The normalized spacial score (nSPS) is 22.6. The predicted octanol–water partition coefficient (Wildman–Crippen LogP) is 2.33. The first-order valence-corrected chi connectivity index (χ1v) is 14.5. The van der Waals surface area contributed by atoms with Gasteiger partial charge in [-0.15, -0.1) is 0 Å². The summed E-state index contributed by atoms with van der Waals surface area (Å²) >= 11 is 0. The van der Waals surface area contributed by atoms with E-state index in [1.165, 1.54) is 12.1 Å². The fourth-order valence-corrected chi connectivity index (χ4v) is 6.55. The second-order valence-corrected chi connectivity index (χ2v) is 11.7. The number of nitrogens with zero attached hydrogens (tertiary/aromatic N) is 4. The third-order valence-corrected chi connectivity index (χ3v) is 9.01. The van der Waals surface area contributed by atoms with Gasteiger partial charge in [0.2, 0.25) is 11.8 Å². The zero-order valence-electron chi connectivity index (χ0n) is 23.6. The van der Waals surface area contributed by atoms with E-state index in [4.69, 9.17) is 4.74 Å². The first-order chi connectivity index (χ1) is 20.8. The molecule has 2 fully saturated rings. The van der Waals surface area contributed by atoms with E-state index in [0.717, 1.165) is 34.4 Å². The van der Waals surface area contributed by atoms with Crippen LogP contribution < -0.4 is 15.4 Å². The van der Waals surface area contributed by atoms with Gasteiger partial charge in [0, 0.05) is 30.9 Å². The van der Waals surface area contributed by atoms with Crippen LogP contribution in [-0.2, 0) is 39.4 Å². The van der Waals surface area contributed by atoms with Crippen molar-refractivity contribution in [1.82, 2.24) is 30.2 Å². The number of likely N-dealkylation sites (N-methyl/N-ethyl adjacent to an activating group) is 1. The van der Waals surface area contributed by atoms with Crippen LogP contribution >= 0.6 is 0 Å². The Morgan fingerprint density at radius 2 is 1.95 bits per heavy atom. The molecule has 11 nitrogen and oxygen atoms in total. The SMILES string of the molecule is CNC(=O)Cn1cc(-c2ccc3c(c2)CCC32NC(=O)N(CC(=O)N3Cc4cc(F)ccc4OCC3C3CC3)C2=O)cn1. The highest BCUT2D eigenvalue weighted by atomic mass is 19.1. The number of urea groups is 1. The molecule has 1 saturated carbocycles. The summed E-state index contributed by atoms with van der Waals surface area (Å²) in [7, 11) is 1.57. The van der Waals surface area contributed by atoms with Gasteiger partial charge in [-0.2, -0.15) is 5.10 Å². The summed E-state index contributed by atoms with van der Waals surface area (Å²) in [6, 6.07) is 9.14. The number of benzene rings is 2. The Hall–Kier alpha value is -4.74. The van der Waals surface area contributed by atoms with Crippen LogP contribution in [0.5, 0.6) is 5.75 Å². The standard InChI is InChI=1S/C31H31FN6O5/c1-33-27(39)15-36-13-22(12-34-36)19-4-6-24-20(10-19)8-9-31(24)29(41)38(30(42)35-31)16-28(40)37-14-21-11-23(32)5-7-26(21)43-17-25(37)18-2-3-18/h4-7,10-13,18,25H,2-3,8-9,14-17H2,1H3,(H,33,39)(H,35,42). The number of aromatic nitrogens is 2. The van der Waals surface area contributed by atoms with Gasteiger partial charge in [0.25, 0.3) is 5.91 Å². The number of imide groups is 1. The molecule has 43 heavy (non-hydrogen) atoms. The first kappa shape index (κ1) is 27.1. The Balaban J connectivity index is 1.11. The molecule has 0 bridgehead atoms. The number of halogens is 1. The lowest BCUT2D eigenvalue weighted by Gasteiger charge is -2.30. The van der Waals surface area contributed by atoms with Crippen LogP contribution in [0.4, 0.5) is 9.18 Å². The van der Waals surface area contributed by atoms with Crippen LogP contribution in [-0.4, -0.2) is 69.6 Å². The molecule has 0 radical (unpaired) electrons. The smallest absolute Gasteiger partial charge is 0.325 e. The number of hydrogen-bond acceptors (Lipinski definition) is 6. The topological polar surface area (TPSA) is 126 Å². The molecule has 2 atom stereocenters. The van der Waals surface area contributed by atoms with Gasteiger partial charge in [-0.25, -0.2) is 9.18 Å². The number of aryl methyl sites for hydroxylation is 1. The summed E-state index contributed by atoms with van der Waals surface area (Å²) in [5.74, 6) is -0.593. The number of ether oxygens (including phenoxy) is 1. The van der Waals surface area contributed by atoms with Crippen LogP contribution in [0.1, 0.15) is 36.0 Å². The van der Waals surface area contributed by atoms with Crippen LogP contribution in [0.3, 0.4) is 0 Å². The minimum Gasteiger partial charge on any atom is -0.491 e. The number of amides is 5. The molecule has 5 amide bonds. The number of carbonyl (C=O) groups excluding carboxylic acids is 4. The quantitative estimate of drug-likeness (QED) is 0.427. The Morgan fingerprint density at radius 1 is 1.12 bits per heavy atom. The van der Waals surface area contributed by atoms with Gasteiger partial charge in [-0.05, 0) is 66.5 Å². The van der Waals surface area contributed by atoms with Gasteiger partial charge in [0.05, 0.1) is 12.2 Å². The van der Waals surface area contributed by atoms with E-state index in [1.54, 1.807) is 35.1 Å². The molecule has 222 valence electrons. The van der Waals surface area contributed by atoms with E-state index >= 15 is 0 Å². The molecule has 2 aliphatic heterocycles. The van der Waals surface area contributed by atoms with E-state index in [0.29, 0.717) is 29.7 Å². The molecule has 1 aromatic heterocycles. The van der Waals surface area contributed by atoms with Crippen molar-refractivity contribution in [3.05, 3.63) is 71.3 Å². The minimum atomic E-state index is -1.23. The van der Waals surface area contributed by atoms with Crippen molar-refractivity contribution in [2.24, 2.45) is 5.92 Å². The zero-order valence-corrected chi connectivity index (χ0v) is 23.6. The van der Waals surface area contributed by atoms with Gasteiger partial charge in [-0.3, -0.25) is 24.0 Å². The lowest BCUT2D eigenvalue weighted by molar-refractivity contribution is -0.141. The molecule has 3 heterocycles. The molecule has 2 unspecified atom stereocenters. The maximum absolute atomic E-state index is 14.0. The summed E-state index contributed by atoms with van der Waals surface area (Å²) < 4.78 is 21.5. The number of rotatable bonds is 6. The maximum atomic E-state index is 14.0. The second-order valence-electron chi connectivity index (χ2n) is 11.7. The minimum absolute atomic E-state index is 0.106. The molecule has 3 aromatic rings. The molecule has 1 spiro atoms. The van der Waals surface area contributed by atoms with Crippen molar-refractivity contribution in [3.63, 3.8) is 0 Å². The van der Waals surface area contributed by atoms with Crippen molar-refractivity contribution < 1.29 is 28.3 Å². The molecule has 2 N–H and O–H groups in total. The Labute approximate surface area is 247 Å². The average Bonchev–Trinajstić information content (AvgIpc) is 3.61. The van der Waals surface area contributed by atoms with Crippen molar-refractivity contribution in [2.75, 3.05) is 20.2 Å². The van der Waals surface area contributed by atoms with Crippen LogP contribution in [0.25, 0.3) is 11.1 Å². The van der Waals surface area contributed by atoms with Gasteiger partial charge in [0.1, 0.15) is 36.8 Å². The molecular weight excluding hydrogens is 555 g/mol. The lowest BCUT2D eigenvalue weighted by Crippen LogP contribution is -2.49. The Kier molecular flexibility index (Phi) is 6.44. The van der Waals surface area contributed by atoms with Crippen molar-refractivity contribution in [3.8, 4) is 16.9 Å². The molecule has 7 rings (SSSR count). The first-order valence-electron chi connectivity index (χ1n) is 14.5. The Morgan fingerprint density at radius 3 is 2.74 bits per heavy atom. The van der Waals surface area contributed by atoms with Crippen LogP contribution in [0.15, 0.2) is 48.8 Å². The predicted molar refractivity (Wildman–Crippen MR) is 151 cm³/mol. The molecule has 12 heteroatoms. The van der Waals surface area contributed by atoms with Gasteiger partial charge in [-0.1, -0.05) is 18.2 Å². The van der Waals surface area contributed by atoms with E-state index < -0.39 is 29.8 Å². The molecule has 4 aliphatic rings. The van der Waals surface area contributed by atoms with Crippen molar-refractivity contribution in [1.29, 1.82) is 0 Å². The van der Waals surface area contributed by atoms with E-state index in [1.807, 2.05) is 18.2 Å². The fraction of sp³-hybridized carbons (Fsp3) is 0.387. The summed E-state index contributed by atoms with van der Waals surface area (Å²) in [5, 5.41) is 9.73. The lowest BCUT2D eigenvalue weighted by atomic mass is 9.90. The molecule has 1 saturated heterocycles. The molecule has 2 aromatic carbocycles. The van der Waals surface area contributed by atoms with Crippen molar-refractivity contribution >= 4 is 23.8 Å². The summed E-state index contributed by atoms with van der Waals surface area (Å²) in [5.41, 5.74) is 2.68. The number of hydrogen-bond donors (Lipinski definition) is 2. The monoisotopic (exact) mass is 586 g/mol. The fourth-order valence-electron chi connectivity index (χ4n) is 6.55. The van der Waals surface area contributed by atoms with E-state index in [9.17, 15) is 23.6 Å². The zero-order chi connectivity index (χ0) is 29.9. The van der Waals surface area contributed by atoms with E-state index in [2.05, 4.69) is 15.7 Å². The number of fused-ring (bicyclic) bond motifs is 3. The highest BCUT2D eigenvalue weighted by Crippen LogP contribution is 2.43. The molecule has 2 aliphatic carbocycles. The van der Waals surface area contributed by atoms with E-state index in [-0.39, 0.29) is 43.5 Å². The third-order valence-electron chi connectivity index (χ3n) is 9.01.